The van der Waals surface area contributed by atoms with Gasteiger partial charge in [-0.2, -0.15) is 0 Å². The first-order valence-corrected chi connectivity index (χ1v) is 26.7. The van der Waals surface area contributed by atoms with Crippen LogP contribution in [0.1, 0.15) is 51.4 Å². The zero-order valence-electron chi connectivity index (χ0n) is 36.5. The highest BCUT2D eigenvalue weighted by atomic mass is 79.9. The first-order valence-electron chi connectivity index (χ1n) is 21.3. The van der Waals surface area contributed by atoms with Crippen molar-refractivity contribution >= 4 is 82.7 Å². The molecular weight excluding hydrogens is 1020 g/mol. The zero-order chi connectivity index (χ0) is 48.8. The van der Waals surface area contributed by atoms with Gasteiger partial charge < -0.3 is 24.7 Å². The molecule has 0 bridgehead atoms. The largest absolute Gasteiger partial charge is 0.399 e. The molecule has 4 aliphatic rings. The summed E-state index contributed by atoms with van der Waals surface area (Å²) in [7, 11) is -6.62. The molecule has 8 rings (SSSR count). The van der Waals surface area contributed by atoms with Crippen LogP contribution in [0.3, 0.4) is 0 Å². The molecule has 0 atom stereocenters. The lowest BCUT2D eigenvalue weighted by Gasteiger charge is -2.22. The Morgan fingerprint density at radius 1 is 0.507 bits per heavy atom. The van der Waals surface area contributed by atoms with Gasteiger partial charge >= 0.3 is 0 Å². The van der Waals surface area contributed by atoms with E-state index in [1.54, 1.807) is 60.3 Å². The molecule has 4 fully saturated rings. The number of nitrogens with zero attached hydrogens (tertiary/aromatic N) is 3. The van der Waals surface area contributed by atoms with Gasteiger partial charge in [-0.25, -0.2) is 16.8 Å². The lowest BCUT2D eigenvalue weighted by atomic mass is 10.2. The van der Waals surface area contributed by atoms with Crippen LogP contribution in [0.25, 0.3) is 0 Å². The summed E-state index contributed by atoms with van der Waals surface area (Å²) in [6.45, 7) is 5.46. The molecule has 18 nitrogen and oxygen atoms in total. The molecule has 0 radical (unpaired) electrons. The number of alkyl halides is 1. The highest BCUT2D eigenvalue weighted by Gasteiger charge is 2.30. The van der Waals surface area contributed by atoms with E-state index in [0.717, 1.165) is 53.9 Å². The van der Waals surface area contributed by atoms with Gasteiger partial charge in [0.1, 0.15) is 0 Å². The number of nitrogens with two attached hydrogens (primary N) is 1. The van der Waals surface area contributed by atoms with Gasteiger partial charge in [0.05, 0.1) is 35.1 Å². The number of hydrogen-bond acceptors (Lipinski definition) is 17. The molecule has 0 amide bonds. The van der Waals surface area contributed by atoms with Gasteiger partial charge in [-0.1, -0.05) is 15.9 Å². The van der Waals surface area contributed by atoms with E-state index in [1.807, 2.05) is 12.1 Å². The van der Waals surface area contributed by atoms with Crippen molar-refractivity contribution in [2.45, 2.75) is 91.5 Å². The predicted molar refractivity (Wildman–Crippen MR) is 262 cm³/mol. The van der Waals surface area contributed by atoms with Crippen molar-refractivity contribution in [2.24, 2.45) is 0 Å². The molecule has 23 heteroatoms. The summed E-state index contributed by atoms with van der Waals surface area (Å²) < 4.78 is 69.6. The number of halogens is 1. The Morgan fingerprint density at radius 2 is 0.821 bits per heavy atom. The van der Waals surface area contributed by atoms with Gasteiger partial charge in [0.25, 0.3) is 17.1 Å². The number of anilines is 1. The molecule has 366 valence electrons. The summed E-state index contributed by atoms with van der Waals surface area (Å²) in [6, 6.07) is 24.1. The zero-order valence-corrected chi connectivity index (χ0v) is 41.5. The van der Waals surface area contributed by atoms with Gasteiger partial charge in [-0.15, -0.1) is 24.4 Å². The van der Waals surface area contributed by atoms with Crippen molar-refractivity contribution < 1.29 is 50.6 Å². The molecule has 4 aromatic carbocycles. The normalized spacial score (nSPS) is 17.3. The first kappa shape index (κ1) is 55.4. The molecule has 2 N–H and O–H groups in total. The monoisotopic (exact) mass is 1070 g/mol. The molecule has 4 aliphatic heterocycles. The number of rotatable bonds is 9. The highest BCUT2D eigenvalue weighted by Crippen LogP contribution is 2.31. The van der Waals surface area contributed by atoms with Crippen LogP contribution in [0.5, 0.6) is 0 Å². The van der Waals surface area contributed by atoms with Crippen molar-refractivity contribution in [1.82, 2.24) is 0 Å². The third-order valence-corrected chi connectivity index (χ3v) is 17.6. The van der Waals surface area contributed by atoms with Crippen LogP contribution in [0, 0.1) is 30.3 Å². The topological polar surface area (TPSA) is 261 Å². The SMILES string of the molecule is BrC1CCOCC1.Nc1ccc(S(=O)(=O)C2CCOCC2)cc1.O=[N+]([O-])c1ccc(S(=O)(=O)C2CCOCC2)cc1.O=[N+]([O-])c1ccc(S)cc1.O=[N+]([O-])c1ccc(SC2CCOCC2)cc1. The molecule has 4 heterocycles. The maximum atomic E-state index is 12.2. The van der Waals surface area contributed by atoms with Crippen LogP contribution in [0.2, 0.25) is 0 Å². The number of ether oxygens (including phenoxy) is 4. The first-order chi connectivity index (χ1) is 32.0. The van der Waals surface area contributed by atoms with Gasteiger partial charge in [-0.05, 0) is 112 Å². The second-order valence-corrected chi connectivity index (χ2v) is 22.9. The average molecular weight is 1070 g/mol. The summed E-state index contributed by atoms with van der Waals surface area (Å²) >= 11 is 9.27. The van der Waals surface area contributed by atoms with Crippen LogP contribution >= 0.6 is 40.3 Å². The van der Waals surface area contributed by atoms with Crippen LogP contribution in [0.4, 0.5) is 22.7 Å². The Hall–Kier alpha value is -4.20. The van der Waals surface area contributed by atoms with Crippen molar-refractivity contribution in [2.75, 3.05) is 58.6 Å². The second kappa shape index (κ2) is 28.3. The van der Waals surface area contributed by atoms with E-state index in [0.29, 0.717) is 67.9 Å². The molecule has 0 aliphatic carbocycles. The molecular formula is C44H55BrN4O14S4. The molecule has 0 saturated carbocycles. The number of thioether (sulfide) groups is 1. The maximum Gasteiger partial charge on any atom is 0.269 e. The van der Waals surface area contributed by atoms with Crippen LogP contribution < -0.4 is 5.73 Å². The number of nitro benzene ring substituents is 3. The fourth-order valence-electron chi connectivity index (χ4n) is 6.65. The van der Waals surface area contributed by atoms with Crippen molar-refractivity contribution in [3.8, 4) is 0 Å². The van der Waals surface area contributed by atoms with Crippen molar-refractivity contribution in [1.29, 1.82) is 0 Å². The molecule has 4 saturated heterocycles. The number of hydrogen-bond donors (Lipinski definition) is 2. The average Bonchev–Trinajstić information content (AvgIpc) is 3.34. The summed E-state index contributed by atoms with van der Waals surface area (Å²) in [5, 5.41) is 30.9. The van der Waals surface area contributed by atoms with Gasteiger partial charge in [0.2, 0.25) is 0 Å². The Kier molecular flexibility index (Phi) is 23.4. The third kappa shape index (κ3) is 19.0. The Bertz CT molecular complexity index is 2360. The Labute approximate surface area is 408 Å². The number of thiol groups is 1. The lowest BCUT2D eigenvalue weighted by molar-refractivity contribution is -0.385. The summed E-state index contributed by atoms with van der Waals surface area (Å²) in [6.07, 6.45) is 6.57. The second-order valence-electron chi connectivity index (χ2n) is 15.3. The van der Waals surface area contributed by atoms with E-state index in [1.165, 1.54) is 49.2 Å². The number of non-ortho nitro benzene ring substituents is 3. The quantitative estimate of drug-likeness (QED) is 0.0520. The fourth-order valence-corrected chi connectivity index (χ4v) is 11.7. The van der Waals surface area contributed by atoms with Crippen LogP contribution in [-0.4, -0.2) is 105 Å². The minimum Gasteiger partial charge on any atom is -0.399 e. The summed E-state index contributed by atoms with van der Waals surface area (Å²) in [5.41, 5.74) is 6.24. The predicted octanol–water partition coefficient (Wildman–Crippen LogP) is 9.08. The van der Waals surface area contributed by atoms with E-state index in [9.17, 15) is 47.2 Å². The van der Waals surface area contributed by atoms with Gasteiger partial charge in [0.15, 0.2) is 19.7 Å². The molecule has 67 heavy (non-hydrogen) atoms. The van der Waals surface area contributed by atoms with E-state index < -0.39 is 34.8 Å². The molecule has 0 spiro atoms. The maximum absolute atomic E-state index is 12.2. The fraction of sp³-hybridized carbons (Fsp3) is 0.455. The molecule has 0 aromatic heterocycles. The minimum atomic E-state index is -3.41. The van der Waals surface area contributed by atoms with Crippen molar-refractivity contribution in [3.05, 3.63) is 127 Å². The number of nitro groups is 3. The Balaban J connectivity index is 0.000000189. The summed E-state index contributed by atoms with van der Waals surface area (Å²) in [5.74, 6) is 0. The van der Waals surface area contributed by atoms with Gasteiger partial charge in [0, 0.05) is 115 Å². The van der Waals surface area contributed by atoms with Gasteiger partial charge in [-0.3, -0.25) is 30.3 Å². The van der Waals surface area contributed by atoms with Crippen LogP contribution in [0.15, 0.2) is 117 Å². The van der Waals surface area contributed by atoms with Crippen molar-refractivity contribution in [3.63, 3.8) is 0 Å². The Morgan fingerprint density at radius 3 is 1.16 bits per heavy atom. The molecule has 4 aromatic rings. The van der Waals surface area contributed by atoms with E-state index in [-0.39, 0.29) is 32.1 Å². The summed E-state index contributed by atoms with van der Waals surface area (Å²) in [4.78, 5) is 32.8. The highest BCUT2D eigenvalue weighted by molar-refractivity contribution is 9.09. The standard InChI is InChI=1S/C11H13NO5S.C11H15NO3S.C11H13NO3S.C6H5NO2S.C5H9BrO/c13-12(14)9-1-3-10(4-2-9)18(15,16)11-5-7-17-8-6-11;12-9-1-3-10(4-2-9)16(13,14)11-5-7-15-8-6-11;13-12(14)9-1-3-10(4-2-9)16-11-5-7-15-8-6-11;8-7(9)5-1-3-6(10)4-2-5;6-5-1-3-7-4-2-5/h1-4,11H,5-8H2;1-4,11H,5-8,12H2;1-4,11H,5-8H2;1-4,10H;5H,1-4H2. The number of sulfone groups is 2. The smallest absolute Gasteiger partial charge is 0.269 e. The lowest BCUT2D eigenvalue weighted by Crippen LogP contribution is -2.28. The van der Waals surface area contributed by atoms with E-state index >= 15 is 0 Å². The van der Waals surface area contributed by atoms with E-state index in [2.05, 4.69) is 28.6 Å². The van der Waals surface area contributed by atoms with Crippen LogP contribution in [-0.2, 0) is 38.6 Å². The number of benzene rings is 4. The minimum absolute atomic E-state index is 0.0952. The third-order valence-electron chi connectivity index (χ3n) is 10.5. The number of nitrogen functional groups attached to an aromatic ring is 1. The van der Waals surface area contributed by atoms with E-state index in [4.69, 9.17) is 24.7 Å². The molecule has 0 unspecified atom stereocenters.